The molecule has 1 N–H and O–H groups in total. The first-order valence-electron chi connectivity index (χ1n) is 10.0. The van der Waals surface area contributed by atoms with Crippen LogP contribution in [0.15, 0.2) is 36.9 Å². The molecule has 0 atom stereocenters. The van der Waals surface area contributed by atoms with Crippen LogP contribution in [0.1, 0.15) is 30.1 Å². The molecule has 1 aliphatic heterocycles. The highest BCUT2D eigenvalue weighted by Crippen LogP contribution is 2.25. The number of nitrogens with zero attached hydrogens (tertiary/aromatic N) is 5. The van der Waals surface area contributed by atoms with Gasteiger partial charge in [0.2, 0.25) is 5.91 Å². The van der Waals surface area contributed by atoms with Crippen LogP contribution in [0, 0.1) is 10.1 Å². The number of amides is 2. The molecule has 0 bridgehead atoms. The van der Waals surface area contributed by atoms with Crippen LogP contribution in [-0.4, -0.2) is 75.4 Å². The standard InChI is InChI=1S/C20H26N6O4/c1-2-3-6-22-19(27)14-23-9-11-24(12-10-23)20(28)16-4-5-17(18(13-16)26(29)30)25-8-7-21-15-25/h4-5,7-8,13,15H,2-3,6,9-12,14H2,1H3,(H,22,27). The summed E-state index contributed by atoms with van der Waals surface area (Å²) in [6.07, 6.45) is 6.61. The third kappa shape index (κ3) is 5.20. The molecule has 2 aromatic rings. The summed E-state index contributed by atoms with van der Waals surface area (Å²) in [7, 11) is 0. The number of nitro benzene ring substituents is 1. The number of carbonyl (C=O) groups is 2. The topological polar surface area (TPSA) is 114 Å². The highest BCUT2D eigenvalue weighted by molar-refractivity contribution is 5.95. The largest absolute Gasteiger partial charge is 0.355 e. The molecule has 30 heavy (non-hydrogen) atoms. The first-order chi connectivity index (χ1) is 14.5. The molecule has 1 saturated heterocycles. The van der Waals surface area contributed by atoms with E-state index in [0.29, 0.717) is 45.0 Å². The molecule has 1 fully saturated rings. The number of aromatic nitrogens is 2. The van der Waals surface area contributed by atoms with Crippen LogP contribution >= 0.6 is 0 Å². The second-order valence-corrected chi connectivity index (χ2v) is 7.20. The summed E-state index contributed by atoms with van der Waals surface area (Å²) in [5.74, 6) is -0.253. The van der Waals surface area contributed by atoms with Crippen LogP contribution in [0.4, 0.5) is 5.69 Å². The van der Waals surface area contributed by atoms with E-state index in [1.807, 2.05) is 4.90 Å². The quantitative estimate of drug-likeness (QED) is 0.397. The van der Waals surface area contributed by atoms with Crippen molar-refractivity contribution in [3.63, 3.8) is 0 Å². The third-order valence-electron chi connectivity index (χ3n) is 5.08. The zero-order chi connectivity index (χ0) is 21.5. The summed E-state index contributed by atoms with van der Waals surface area (Å²) in [6, 6.07) is 4.47. The van der Waals surface area contributed by atoms with Gasteiger partial charge >= 0.3 is 0 Å². The van der Waals surface area contributed by atoms with Crippen molar-refractivity contribution in [3.05, 3.63) is 52.6 Å². The number of hydrogen-bond donors (Lipinski definition) is 1. The van der Waals surface area contributed by atoms with E-state index in [2.05, 4.69) is 17.2 Å². The van der Waals surface area contributed by atoms with Gasteiger partial charge in [-0.25, -0.2) is 4.98 Å². The molecule has 2 amide bonds. The van der Waals surface area contributed by atoms with Crippen LogP contribution < -0.4 is 5.32 Å². The lowest BCUT2D eigenvalue weighted by Crippen LogP contribution is -2.51. The predicted molar refractivity (Wildman–Crippen MR) is 110 cm³/mol. The molecule has 0 unspecified atom stereocenters. The Kier molecular flexibility index (Phi) is 7.12. The smallest absolute Gasteiger partial charge is 0.294 e. The van der Waals surface area contributed by atoms with Crippen molar-refractivity contribution in [3.8, 4) is 5.69 Å². The van der Waals surface area contributed by atoms with Crippen molar-refractivity contribution in [2.24, 2.45) is 0 Å². The van der Waals surface area contributed by atoms with Crippen LogP contribution in [-0.2, 0) is 4.79 Å². The molecule has 1 aromatic carbocycles. The van der Waals surface area contributed by atoms with E-state index in [-0.39, 0.29) is 23.1 Å². The number of rotatable bonds is 8. The van der Waals surface area contributed by atoms with Crippen molar-refractivity contribution in [2.45, 2.75) is 19.8 Å². The van der Waals surface area contributed by atoms with Crippen molar-refractivity contribution in [2.75, 3.05) is 39.3 Å². The number of hydrogen-bond acceptors (Lipinski definition) is 6. The molecule has 10 heteroatoms. The maximum Gasteiger partial charge on any atom is 0.294 e. The molecule has 1 aromatic heterocycles. The van der Waals surface area contributed by atoms with E-state index in [9.17, 15) is 19.7 Å². The number of unbranched alkanes of at least 4 members (excludes halogenated alkanes) is 1. The first-order valence-corrected chi connectivity index (χ1v) is 10.0. The fourth-order valence-corrected chi connectivity index (χ4v) is 3.38. The lowest BCUT2D eigenvalue weighted by Gasteiger charge is -2.34. The molecule has 10 nitrogen and oxygen atoms in total. The first kappa shape index (κ1) is 21.4. The number of nitrogens with one attached hydrogen (secondary N) is 1. The summed E-state index contributed by atoms with van der Waals surface area (Å²) in [5.41, 5.74) is 0.477. The fraction of sp³-hybridized carbons (Fsp3) is 0.450. The van der Waals surface area contributed by atoms with E-state index in [0.717, 1.165) is 12.8 Å². The Balaban J connectivity index is 1.60. The van der Waals surface area contributed by atoms with Gasteiger partial charge in [0.25, 0.3) is 11.6 Å². The maximum atomic E-state index is 12.9. The average Bonchev–Trinajstić information content (AvgIpc) is 3.28. The molecule has 2 heterocycles. The normalized spacial score (nSPS) is 14.5. The number of benzene rings is 1. The highest BCUT2D eigenvalue weighted by Gasteiger charge is 2.25. The number of carbonyl (C=O) groups excluding carboxylic acids is 2. The Morgan fingerprint density at radius 3 is 2.63 bits per heavy atom. The SMILES string of the molecule is CCCCNC(=O)CN1CCN(C(=O)c2ccc(-n3ccnc3)c([N+](=O)[O-])c2)CC1. The minimum atomic E-state index is -0.499. The third-order valence-corrected chi connectivity index (χ3v) is 5.08. The molecule has 0 spiro atoms. The molecule has 0 radical (unpaired) electrons. The Labute approximate surface area is 174 Å². The molecule has 0 saturated carbocycles. The lowest BCUT2D eigenvalue weighted by molar-refractivity contribution is -0.384. The van der Waals surface area contributed by atoms with Crippen LogP contribution in [0.3, 0.4) is 0 Å². The Morgan fingerprint density at radius 1 is 1.23 bits per heavy atom. The van der Waals surface area contributed by atoms with Gasteiger partial charge in [0.05, 0.1) is 17.8 Å². The Bertz CT molecular complexity index is 891. The van der Waals surface area contributed by atoms with E-state index >= 15 is 0 Å². The molecule has 3 rings (SSSR count). The Morgan fingerprint density at radius 2 is 2.00 bits per heavy atom. The monoisotopic (exact) mass is 414 g/mol. The van der Waals surface area contributed by atoms with Gasteiger partial charge in [-0.3, -0.25) is 24.6 Å². The highest BCUT2D eigenvalue weighted by atomic mass is 16.6. The lowest BCUT2D eigenvalue weighted by atomic mass is 10.1. The number of nitro groups is 1. The van der Waals surface area contributed by atoms with Gasteiger partial charge in [-0.05, 0) is 18.6 Å². The fourth-order valence-electron chi connectivity index (χ4n) is 3.38. The number of imidazole rings is 1. The van der Waals surface area contributed by atoms with Gasteiger partial charge in [-0.2, -0.15) is 0 Å². The summed E-state index contributed by atoms with van der Waals surface area (Å²) >= 11 is 0. The summed E-state index contributed by atoms with van der Waals surface area (Å²) in [4.78, 5) is 43.4. The van der Waals surface area contributed by atoms with Gasteiger partial charge in [0.15, 0.2) is 0 Å². The maximum absolute atomic E-state index is 12.9. The van der Waals surface area contributed by atoms with Gasteiger partial charge < -0.3 is 14.8 Å². The van der Waals surface area contributed by atoms with E-state index in [1.165, 1.54) is 23.2 Å². The van der Waals surface area contributed by atoms with Gasteiger partial charge in [-0.1, -0.05) is 13.3 Å². The minimum Gasteiger partial charge on any atom is -0.355 e. The predicted octanol–water partition coefficient (Wildman–Crippen LogP) is 1.45. The zero-order valence-corrected chi connectivity index (χ0v) is 17.0. The van der Waals surface area contributed by atoms with Gasteiger partial charge in [0, 0.05) is 56.7 Å². The second kappa shape index (κ2) is 9.97. The molecular weight excluding hydrogens is 388 g/mol. The van der Waals surface area contributed by atoms with Gasteiger partial charge in [0.1, 0.15) is 5.69 Å². The molecule has 0 aliphatic carbocycles. The molecule has 160 valence electrons. The molecule has 1 aliphatic rings. The summed E-state index contributed by atoms with van der Waals surface area (Å²) in [5, 5.41) is 14.4. The number of piperazine rings is 1. The van der Waals surface area contributed by atoms with E-state index in [1.54, 1.807) is 23.2 Å². The van der Waals surface area contributed by atoms with Gasteiger partial charge in [-0.15, -0.1) is 0 Å². The molecular formula is C20H26N6O4. The average molecular weight is 414 g/mol. The Hall–Kier alpha value is -3.27. The van der Waals surface area contributed by atoms with Crippen LogP contribution in [0.25, 0.3) is 5.69 Å². The van der Waals surface area contributed by atoms with Crippen molar-refractivity contribution < 1.29 is 14.5 Å². The van der Waals surface area contributed by atoms with Crippen molar-refractivity contribution >= 4 is 17.5 Å². The summed E-state index contributed by atoms with van der Waals surface area (Å²) < 4.78 is 1.54. The van der Waals surface area contributed by atoms with E-state index < -0.39 is 4.92 Å². The second-order valence-electron chi connectivity index (χ2n) is 7.20. The van der Waals surface area contributed by atoms with E-state index in [4.69, 9.17) is 0 Å². The van der Waals surface area contributed by atoms with Crippen LogP contribution in [0.5, 0.6) is 0 Å². The van der Waals surface area contributed by atoms with Crippen LogP contribution in [0.2, 0.25) is 0 Å². The zero-order valence-electron chi connectivity index (χ0n) is 17.0. The van der Waals surface area contributed by atoms with Crippen molar-refractivity contribution in [1.82, 2.24) is 24.7 Å². The van der Waals surface area contributed by atoms with Crippen molar-refractivity contribution in [1.29, 1.82) is 0 Å². The summed E-state index contributed by atoms with van der Waals surface area (Å²) in [6.45, 7) is 5.18. The minimum absolute atomic E-state index is 0.00561.